The zero-order valence-electron chi connectivity index (χ0n) is 14.0. The molecule has 0 aliphatic carbocycles. The Balaban J connectivity index is 1.79. The van der Waals surface area contributed by atoms with Crippen LogP contribution in [0.4, 0.5) is 5.69 Å². The summed E-state index contributed by atoms with van der Waals surface area (Å²) in [6.45, 7) is 2.95. The van der Waals surface area contributed by atoms with Crippen LogP contribution in [0.3, 0.4) is 0 Å². The van der Waals surface area contributed by atoms with Crippen molar-refractivity contribution in [3.63, 3.8) is 0 Å². The van der Waals surface area contributed by atoms with E-state index < -0.39 is 5.97 Å². The maximum atomic E-state index is 12.0. The number of benzene rings is 1. The zero-order chi connectivity index (χ0) is 18.2. The fourth-order valence-electron chi connectivity index (χ4n) is 2.36. The third-order valence-electron chi connectivity index (χ3n) is 3.64. The molecule has 2 N–H and O–H groups in total. The van der Waals surface area contributed by atoms with Gasteiger partial charge in [0.1, 0.15) is 0 Å². The first kappa shape index (κ1) is 18.4. The Morgan fingerprint density at radius 3 is 2.56 bits per heavy atom. The van der Waals surface area contributed by atoms with Crippen molar-refractivity contribution in [3.8, 4) is 0 Å². The van der Waals surface area contributed by atoms with Crippen molar-refractivity contribution in [3.05, 3.63) is 29.8 Å². The summed E-state index contributed by atoms with van der Waals surface area (Å²) in [7, 11) is 0. The molecule has 0 radical (unpaired) electrons. The number of carbonyl (C=O) groups is 4. The van der Waals surface area contributed by atoms with Gasteiger partial charge in [0.25, 0.3) is 0 Å². The fourth-order valence-corrected chi connectivity index (χ4v) is 2.36. The van der Waals surface area contributed by atoms with Crippen LogP contribution < -0.4 is 10.6 Å². The summed E-state index contributed by atoms with van der Waals surface area (Å²) in [5.74, 6) is -1.14. The Labute approximate surface area is 145 Å². The van der Waals surface area contributed by atoms with Crippen LogP contribution in [0, 0.1) is 0 Å². The summed E-state index contributed by atoms with van der Waals surface area (Å²) in [4.78, 5) is 48.2. The quantitative estimate of drug-likeness (QED) is 0.731. The molecular formula is C17H21N3O5. The van der Waals surface area contributed by atoms with E-state index in [2.05, 4.69) is 10.6 Å². The molecule has 134 valence electrons. The van der Waals surface area contributed by atoms with Gasteiger partial charge in [-0.2, -0.15) is 0 Å². The second kappa shape index (κ2) is 8.81. The van der Waals surface area contributed by atoms with E-state index in [1.54, 1.807) is 31.2 Å². The molecule has 1 aromatic carbocycles. The molecule has 0 atom stereocenters. The topological polar surface area (TPSA) is 105 Å². The third-order valence-corrected chi connectivity index (χ3v) is 3.64. The Bertz CT molecular complexity index is 657. The first-order chi connectivity index (χ1) is 12.0. The van der Waals surface area contributed by atoms with E-state index in [1.807, 2.05) is 0 Å². The predicted octanol–water partition coefficient (Wildman–Crippen LogP) is 0.540. The van der Waals surface area contributed by atoms with Crippen LogP contribution in [0.1, 0.15) is 30.1 Å². The molecule has 1 aliphatic heterocycles. The number of hydrogen-bond acceptors (Lipinski definition) is 5. The highest BCUT2D eigenvalue weighted by molar-refractivity contribution is 5.95. The lowest BCUT2D eigenvalue weighted by Gasteiger charge is -2.26. The Morgan fingerprint density at radius 1 is 1.20 bits per heavy atom. The van der Waals surface area contributed by atoms with Crippen molar-refractivity contribution < 1.29 is 23.9 Å². The van der Waals surface area contributed by atoms with Crippen molar-refractivity contribution in [1.29, 1.82) is 0 Å². The molecule has 25 heavy (non-hydrogen) atoms. The van der Waals surface area contributed by atoms with E-state index in [4.69, 9.17) is 4.74 Å². The van der Waals surface area contributed by atoms with Gasteiger partial charge in [0, 0.05) is 31.6 Å². The van der Waals surface area contributed by atoms with Crippen LogP contribution in [0.25, 0.3) is 0 Å². The van der Waals surface area contributed by atoms with Crippen molar-refractivity contribution in [2.24, 2.45) is 0 Å². The number of ether oxygens (including phenoxy) is 1. The summed E-state index contributed by atoms with van der Waals surface area (Å²) in [5.41, 5.74) is 0.932. The van der Waals surface area contributed by atoms with Crippen LogP contribution >= 0.6 is 0 Å². The van der Waals surface area contributed by atoms with E-state index in [1.165, 1.54) is 4.90 Å². The summed E-state index contributed by atoms with van der Waals surface area (Å²) < 4.78 is 4.88. The molecule has 8 heteroatoms. The van der Waals surface area contributed by atoms with Gasteiger partial charge in [-0.05, 0) is 31.2 Å². The molecule has 1 saturated heterocycles. The van der Waals surface area contributed by atoms with Gasteiger partial charge in [0.05, 0.1) is 18.7 Å². The number of nitrogens with zero attached hydrogens (tertiary/aromatic N) is 1. The van der Waals surface area contributed by atoms with Gasteiger partial charge >= 0.3 is 5.97 Å². The largest absolute Gasteiger partial charge is 0.462 e. The Morgan fingerprint density at radius 2 is 1.92 bits per heavy atom. The summed E-state index contributed by atoms with van der Waals surface area (Å²) in [5, 5.41) is 5.31. The highest BCUT2D eigenvalue weighted by Crippen LogP contribution is 2.11. The first-order valence-electron chi connectivity index (χ1n) is 8.11. The van der Waals surface area contributed by atoms with Gasteiger partial charge in [0.15, 0.2) is 0 Å². The number of carbonyl (C=O) groups excluding carboxylic acids is 4. The number of rotatable bonds is 6. The van der Waals surface area contributed by atoms with Gasteiger partial charge in [-0.3, -0.25) is 14.4 Å². The van der Waals surface area contributed by atoms with Gasteiger partial charge < -0.3 is 20.3 Å². The average molecular weight is 347 g/mol. The first-order valence-corrected chi connectivity index (χ1v) is 8.11. The molecule has 2 rings (SSSR count). The number of anilines is 1. The second-order valence-electron chi connectivity index (χ2n) is 5.51. The lowest BCUT2D eigenvalue weighted by atomic mass is 10.2. The number of esters is 1. The Hall–Kier alpha value is -2.90. The summed E-state index contributed by atoms with van der Waals surface area (Å²) in [6, 6.07) is 6.32. The smallest absolute Gasteiger partial charge is 0.338 e. The maximum Gasteiger partial charge on any atom is 0.338 e. The van der Waals surface area contributed by atoms with E-state index >= 15 is 0 Å². The minimum absolute atomic E-state index is 0.0244. The molecule has 0 unspecified atom stereocenters. The van der Waals surface area contributed by atoms with Gasteiger partial charge in [0.2, 0.25) is 17.7 Å². The lowest BCUT2D eigenvalue weighted by Crippen LogP contribution is -2.50. The molecule has 0 saturated carbocycles. The molecular weight excluding hydrogens is 326 g/mol. The predicted molar refractivity (Wildman–Crippen MR) is 89.9 cm³/mol. The monoisotopic (exact) mass is 347 g/mol. The highest BCUT2D eigenvalue weighted by Gasteiger charge is 2.21. The molecule has 8 nitrogen and oxygen atoms in total. The molecule has 1 aliphatic rings. The number of hydrogen-bond donors (Lipinski definition) is 2. The summed E-state index contributed by atoms with van der Waals surface area (Å²) in [6.07, 6.45) is 0.0661. The zero-order valence-corrected chi connectivity index (χ0v) is 14.0. The van der Waals surface area contributed by atoms with E-state index in [0.717, 1.165) is 0 Å². The minimum Gasteiger partial charge on any atom is -0.462 e. The molecule has 1 aromatic rings. The molecule has 3 amide bonds. The van der Waals surface area contributed by atoms with Crippen molar-refractivity contribution in [1.82, 2.24) is 10.2 Å². The fraction of sp³-hybridized carbons (Fsp3) is 0.412. The van der Waals surface area contributed by atoms with Gasteiger partial charge in [-0.15, -0.1) is 0 Å². The summed E-state index contributed by atoms with van der Waals surface area (Å²) >= 11 is 0. The molecule has 1 heterocycles. The van der Waals surface area contributed by atoms with E-state index in [-0.39, 0.29) is 37.1 Å². The third kappa shape index (κ3) is 5.59. The van der Waals surface area contributed by atoms with Crippen LogP contribution in [0.2, 0.25) is 0 Å². The molecule has 0 aromatic heterocycles. The van der Waals surface area contributed by atoms with Crippen molar-refractivity contribution >= 4 is 29.4 Å². The van der Waals surface area contributed by atoms with E-state index in [0.29, 0.717) is 30.9 Å². The standard InChI is InChI=1S/C17H21N3O5/c1-2-25-17(24)12-3-5-13(6-4-12)19-14(21)7-8-16(23)20-10-9-18-15(22)11-20/h3-6H,2,7-11H2,1H3,(H,18,22)(H,19,21). The van der Waals surface area contributed by atoms with Crippen LogP contribution in [0.15, 0.2) is 24.3 Å². The van der Waals surface area contributed by atoms with Crippen LogP contribution in [0.5, 0.6) is 0 Å². The minimum atomic E-state index is -0.420. The van der Waals surface area contributed by atoms with Gasteiger partial charge in [-0.25, -0.2) is 4.79 Å². The normalized spacial score (nSPS) is 13.8. The highest BCUT2D eigenvalue weighted by atomic mass is 16.5. The Kier molecular flexibility index (Phi) is 6.50. The second-order valence-corrected chi connectivity index (χ2v) is 5.51. The number of piperazine rings is 1. The molecule has 1 fully saturated rings. The SMILES string of the molecule is CCOC(=O)c1ccc(NC(=O)CCC(=O)N2CCNC(=O)C2)cc1. The van der Waals surface area contributed by atoms with Crippen LogP contribution in [-0.2, 0) is 19.1 Å². The number of amides is 3. The number of nitrogens with one attached hydrogen (secondary N) is 2. The van der Waals surface area contributed by atoms with Crippen molar-refractivity contribution in [2.75, 3.05) is 31.6 Å². The lowest BCUT2D eigenvalue weighted by molar-refractivity contribution is -0.138. The van der Waals surface area contributed by atoms with Gasteiger partial charge in [-0.1, -0.05) is 0 Å². The van der Waals surface area contributed by atoms with Crippen LogP contribution in [-0.4, -0.2) is 54.8 Å². The van der Waals surface area contributed by atoms with Crippen molar-refractivity contribution in [2.45, 2.75) is 19.8 Å². The molecule has 0 bridgehead atoms. The average Bonchev–Trinajstić information content (AvgIpc) is 2.60. The van der Waals surface area contributed by atoms with E-state index in [9.17, 15) is 19.2 Å². The maximum absolute atomic E-state index is 12.0. The molecule has 0 spiro atoms.